The number of hydrogen-bond donors (Lipinski definition) is 2. The summed E-state index contributed by atoms with van der Waals surface area (Å²) >= 11 is 0. The van der Waals surface area contributed by atoms with E-state index in [4.69, 9.17) is 9.84 Å². The second kappa shape index (κ2) is 43.3. The summed E-state index contributed by atoms with van der Waals surface area (Å²) in [5, 5.41) is 11.1. The van der Waals surface area contributed by atoms with Crippen LogP contribution in [0.4, 0.5) is 0 Å². The zero-order valence-electron chi connectivity index (χ0n) is 35.2. The molecule has 0 aromatic rings. The Bertz CT molecular complexity index is 1110. The second-order valence-corrected chi connectivity index (χ2v) is 14.6. The second-order valence-electron chi connectivity index (χ2n) is 14.6. The van der Waals surface area contributed by atoms with Gasteiger partial charge in [0.25, 0.3) is 0 Å². The van der Waals surface area contributed by atoms with Gasteiger partial charge in [0.1, 0.15) is 12.6 Å². The maximum atomic E-state index is 12.7. The van der Waals surface area contributed by atoms with E-state index in [1.165, 1.54) is 57.8 Å². The third kappa shape index (κ3) is 43.2. The van der Waals surface area contributed by atoms with Gasteiger partial charge in [0, 0.05) is 12.8 Å². The average molecular weight is 764 g/mol. The largest absolute Gasteiger partial charge is 0.480 e. The molecule has 0 aliphatic heterocycles. The van der Waals surface area contributed by atoms with Crippen LogP contribution in [-0.4, -0.2) is 35.6 Å². The molecule has 0 heterocycles. The van der Waals surface area contributed by atoms with Crippen molar-refractivity contribution in [2.45, 2.75) is 200 Å². The Morgan fingerprint density at radius 2 is 0.945 bits per heavy atom. The Labute approximate surface area is 337 Å². The topological polar surface area (TPSA) is 92.7 Å². The van der Waals surface area contributed by atoms with Crippen LogP contribution >= 0.6 is 0 Å². The maximum Gasteiger partial charge on any atom is 0.322 e. The van der Waals surface area contributed by atoms with Crippen LogP contribution in [0.2, 0.25) is 0 Å². The van der Waals surface area contributed by atoms with Gasteiger partial charge in [-0.1, -0.05) is 170 Å². The van der Waals surface area contributed by atoms with E-state index in [1.807, 2.05) is 0 Å². The normalized spacial score (nSPS) is 12.9. The van der Waals surface area contributed by atoms with E-state index in [0.29, 0.717) is 12.8 Å². The van der Waals surface area contributed by atoms with E-state index in [0.717, 1.165) is 109 Å². The van der Waals surface area contributed by atoms with Crippen molar-refractivity contribution in [2.24, 2.45) is 0 Å². The summed E-state index contributed by atoms with van der Waals surface area (Å²) in [6.07, 6.45) is 60.1. The zero-order valence-corrected chi connectivity index (χ0v) is 35.2. The predicted molar refractivity (Wildman–Crippen MR) is 235 cm³/mol. The summed E-state index contributed by atoms with van der Waals surface area (Å²) in [5.74, 6) is -1.31. The number of amides is 1. The van der Waals surface area contributed by atoms with Crippen molar-refractivity contribution in [3.63, 3.8) is 0 Å². The molecule has 55 heavy (non-hydrogen) atoms. The number of unbranched alkanes of at least 4 members (excludes halogenated alkanes) is 16. The van der Waals surface area contributed by atoms with Gasteiger partial charge < -0.3 is 15.2 Å². The fraction of sp³-hybridized carbons (Fsp3) is 0.653. The molecular weight excluding hydrogens is 683 g/mol. The van der Waals surface area contributed by atoms with Crippen molar-refractivity contribution in [1.29, 1.82) is 0 Å². The fourth-order valence-corrected chi connectivity index (χ4v) is 6.02. The van der Waals surface area contributed by atoms with Crippen molar-refractivity contribution >= 4 is 17.8 Å². The highest BCUT2D eigenvalue weighted by Crippen LogP contribution is 2.15. The van der Waals surface area contributed by atoms with E-state index in [2.05, 4.69) is 104 Å². The molecule has 1 atom stereocenters. The number of allylic oxidation sites excluding steroid dienone is 13. The molecule has 0 radical (unpaired) electrons. The van der Waals surface area contributed by atoms with E-state index >= 15 is 0 Å². The summed E-state index contributed by atoms with van der Waals surface area (Å²) in [4.78, 5) is 34.9. The molecule has 0 saturated heterocycles. The molecule has 6 heteroatoms. The standard InChI is InChI=1S/C49H81NO5/c1-3-5-7-9-11-13-14-15-16-17-18-19-20-21-22-23-24-25-26-28-30-36-40-44-49(54)55-46(41-37-33-29-27-12-10-8-6-4-2)42-38-34-31-32-35-39-43-47(51)50-45-48(52)53/h5,7,11,13,15-16,18-19,21-22,27,29,37,41,46H,3-4,6,8-10,12,14,17,20,23-26,28,30-36,38-40,42-45H2,1-2H3,(H,50,51)(H,52,53)/b7-5-,13-11-,16-15-,19-18-,22-21-,29-27-,41-37-. The molecule has 1 unspecified atom stereocenters. The minimum Gasteiger partial charge on any atom is -0.480 e. The Morgan fingerprint density at radius 3 is 1.47 bits per heavy atom. The van der Waals surface area contributed by atoms with Gasteiger partial charge in [0.15, 0.2) is 0 Å². The van der Waals surface area contributed by atoms with Gasteiger partial charge in [0.2, 0.25) is 5.91 Å². The minimum atomic E-state index is -1.02. The number of aliphatic carboxylic acids is 1. The molecule has 312 valence electrons. The summed E-state index contributed by atoms with van der Waals surface area (Å²) in [6, 6.07) is 0. The van der Waals surface area contributed by atoms with Gasteiger partial charge in [-0.25, -0.2) is 0 Å². The van der Waals surface area contributed by atoms with Gasteiger partial charge in [-0.05, 0) is 96.0 Å². The van der Waals surface area contributed by atoms with Gasteiger partial charge in [-0.2, -0.15) is 0 Å². The molecule has 0 rings (SSSR count). The molecule has 0 aliphatic rings. The summed E-state index contributed by atoms with van der Waals surface area (Å²) in [7, 11) is 0. The number of carbonyl (C=O) groups excluding carboxylic acids is 2. The summed E-state index contributed by atoms with van der Waals surface area (Å²) < 4.78 is 5.93. The van der Waals surface area contributed by atoms with Crippen LogP contribution in [0.15, 0.2) is 85.1 Å². The Kier molecular flexibility index (Phi) is 40.6. The van der Waals surface area contributed by atoms with Gasteiger partial charge in [0.05, 0.1) is 0 Å². The molecule has 0 bridgehead atoms. The van der Waals surface area contributed by atoms with Gasteiger partial charge >= 0.3 is 11.9 Å². The summed E-state index contributed by atoms with van der Waals surface area (Å²) in [5.41, 5.74) is 0. The molecule has 1 amide bonds. The highest BCUT2D eigenvalue weighted by Gasteiger charge is 2.11. The number of carboxylic acid groups (broad SMARTS) is 1. The predicted octanol–water partition coefficient (Wildman–Crippen LogP) is 14.0. The van der Waals surface area contributed by atoms with E-state index in [9.17, 15) is 14.4 Å². The average Bonchev–Trinajstić information content (AvgIpc) is 3.17. The number of ether oxygens (including phenoxy) is 1. The number of carboxylic acids is 1. The lowest BCUT2D eigenvalue weighted by Gasteiger charge is -2.14. The Morgan fingerprint density at radius 1 is 0.509 bits per heavy atom. The Balaban J connectivity index is 4.14. The van der Waals surface area contributed by atoms with Crippen LogP contribution in [0.25, 0.3) is 0 Å². The number of hydrogen-bond acceptors (Lipinski definition) is 4. The van der Waals surface area contributed by atoms with Crippen LogP contribution in [-0.2, 0) is 19.1 Å². The van der Waals surface area contributed by atoms with E-state index < -0.39 is 5.97 Å². The van der Waals surface area contributed by atoms with E-state index in [1.54, 1.807) is 0 Å². The van der Waals surface area contributed by atoms with Crippen molar-refractivity contribution in [3.8, 4) is 0 Å². The van der Waals surface area contributed by atoms with Crippen molar-refractivity contribution in [2.75, 3.05) is 6.54 Å². The van der Waals surface area contributed by atoms with Crippen LogP contribution in [0, 0.1) is 0 Å². The lowest BCUT2D eigenvalue weighted by Crippen LogP contribution is -2.28. The molecule has 0 aromatic carbocycles. The maximum absolute atomic E-state index is 12.7. The number of nitrogens with one attached hydrogen (secondary N) is 1. The first-order valence-corrected chi connectivity index (χ1v) is 22.2. The molecule has 6 nitrogen and oxygen atoms in total. The minimum absolute atomic E-state index is 0.0839. The van der Waals surface area contributed by atoms with Crippen molar-refractivity contribution < 1.29 is 24.2 Å². The quantitative estimate of drug-likeness (QED) is 0.0369. The van der Waals surface area contributed by atoms with Crippen molar-refractivity contribution in [3.05, 3.63) is 85.1 Å². The number of carbonyl (C=O) groups is 3. The molecule has 0 saturated carbocycles. The zero-order chi connectivity index (χ0) is 40.1. The van der Waals surface area contributed by atoms with Crippen LogP contribution in [0.1, 0.15) is 194 Å². The number of esters is 1. The molecular formula is C49H81NO5. The van der Waals surface area contributed by atoms with Gasteiger partial charge in [-0.3, -0.25) is 14.4 Å². The molecule has 0 fully saturated rings. The first-order chi connectivity index (χ1) is 27.0. The highest BCUT2D eigenvalue weighted by molar-refractivity contribution is 5.80. The Hall–Kier alpha value is -3.41. The van der Waals surface area contributed by atoms with E-state index in [-0.39, 0.29) is 24.5 Å². The fourth-order valence-electron chi connectivity index (χ4n) is 6.02. The first kappa shape index (κ1) is 51.6. The smallest absolute Gasteiger partial charge is 0.322 e. The highest BCUT2D eigenvalue weighted by atomic mass is 16.5. The third-order valence-electron chi connectivity index (χ3n) is 9.29. The molecule has 0 aromatic heterocycles. The van der Waals surface area contributed by atoms with Gasteiger partial charge in [-0.15, -0.1) is 0 Å². The molecule has 0 aliphatic carbocycles. The van der Waals surface area contributed by atoms with Crippen LogP contribution < -0.4 is 5.32 Å². The molecule has 2 N–H and O–H groups in total. The third-order valence-corrected chi connectivity index (χ3v) is 9.29. The number of rotatable bonds is 39. The SMILES string of the molecule is CC/C=C\C/C=C\C/C=C\C/C=C\C/C=C\CCCCCCCCCC(=O)OC(/C=C\C/C=C\CCCCCC)CCCCCCCCC(=O)NCC(=O)O. The lowest BCUT2D eigenvalue weighted by atomic mass is 10.1. The van der Waals surface area contributed by atoms with Crippen molar-refractivity contribution in [1.82, 2.24) is 5.32 Å². The monoisotopic (exact) mass is 764 g/mol. The lowest BCUT2D eigenvalue weighted by molar-refractivity contribution is -0.147. The first-order valence-electron chi connectivity index (χ1n) is 22.2. The van der Waals surface area contributed by atoms with Crippen LogP contribution in [0.5, 0.6) is 0 Å². The van der Waals surface area contributed by atoms with Crippen LogP contribution in [0.3, 0.4) is 0 Å². The summed E-state index contributed by atoms with van der Waals surface area (Å²) in [6.45, 7) is 4.08. The molecule has 0 spiro atoms.